The van der Waals surface area contributed by atoms with E-state index < -0.39 is 6.09 Å². The molecule has 1 aliphatic heterocycles. The molecule has 0 bridgehead atoms. The second-order valence-electron chi connectivity index (χ2n) is 8.75. The summed E-state index contributed by atoms with van der Waals surface area (Å²) in [5, 5.41) is 15.5. The van der Waals surface area contributed by atoms with Crippen LogP contribution in [0, 0.1) is 5.92 Å². The van der Waals surface area contributed by atoms with Gasteiger partial charge in [-0.15, -0.1) is 0 Å². The zero-order chi connectivity index (χ0) is 22.2. The summed E-state index contributed by atoms with van der Waals surface area (Å²) in [5.41, 5.74) is 2.09. The second kappa shape index (κ2) is 8.14. The molecule has 1 aliphatic carbocycles. The van der Waals surface area contributed by atoms with Gasteiger partial charge in [0.05, 0.1) is 17.6 Å². The van der Waals surface area contributed by atoms with E-state index in [1.165, 1.54) is 0 Å². The molecule has 32 heavy (non-hydrogen) atoms. The highest BCUT2D eigenvalue weighted by atomic mass is 16.4. The van der Waals surface area contributed by atoms with Crippen LogP contribution in [-0.2, 0) is 0 Å². The molecule has 9 nitrogen and oxygen atoms in total. The number of piperidine rings is 1. The van der Waals surface area contributed by atoms with Gasteiger partial charge in [0.1, 0.15) is 11.5 Å². The monoisotopic (exact) mass is 435 g/mol. The Morgan fingerprint density at radius 2 is 2.06 bits per heavy atom. The molecule has 1 saturated heterocycles. The summed E-state index contributed by atoms with van der Waals surface area (Å²) in [4.78, 5) is 34.7. The number of pyridine rings is 2. The minimum atomic E-state index is -1.03. The van der Waals surface area contributed by atoms with Gasteiger partial charge in [0, 0.05) is 36.6 Å². The minimum Gasteiger partial charge on any atom is -0.465 e. The Morgan fingerprint density at radius 3 is 2.84 bits per heavy atom. The maximum absolute atomic E-state index is 13.0. The fourth-order valence-electron chi connectivity index (χ4n) is 4.41. The van der Waals surface area contributed by atoms with Crippen LogP contribution in [0.3, 0.4) is 0 Å². The van der Waals surface area contributed by atoms with Crippen LogP contribution in [0.1, 0.15) is 48.4 Å². The fraction of sp³-hybridized carbons (Fsp3) is 0.391. The van der Waals surface area contributed by atoms with E-state index in [-0.39, 0.29) is 17.6 Å². The van der Waals surface area contributed by atoms with Crippen LogP contribution < -0.4 is 15.5 Å². The Morgan fingerprint density at radius 1 is 1.22 bits per heavy atom. The topological polar surface area (TPSA) is 121 Å². The van der Waals surface area contributed by atoms with E-state index >= 15 is 0 Å². The highest BCUT2D eigenvalue weighted by Gasteiger charge is 2.29. The number of hydrogen-bond acceptors (Lipinski definition) is 6. The SMILES string of the molecule is C[C@@H]1C[C@H](NC(=O)O)CN(c2ccncc2NC(=O)c2ccc3cc(C4CC4)oc3n2)C1. The van der Waals surface area contributed by atoms with Crippen molar-refractivity contribution < 1.29 is 19.1 Å². The molecule has 3 N–H and O–H groups in total. The maximum Gasteiger partial charge on any atom is 0.404 e. The van der Waals surface area contributed by atoms with Gasteiger partial charge in [-0.2, -0.15) is 0 Å². The van der Waals surface area contributed by atoms with Gasteiger partial charge < -0.3 is 25.1 Å². The van der Waals surface area contributed by atoms with Gasteiger partial charge in [-0.3, -0.25) is 9.78 Å². The summed E-state index contributed by atoms with van der Waals surface area (Å²) in [6.45, 7) is 3.36. The molecule has 2 fully saturated rings. The van der Waals surface area contributed by atoms with Gasteiger partial charge in [0.25, 0.3) is 5.91 Å². The number of amides is 2. The number of hydrogen-bond donors (Lipinski definition) is 3. The van der Waals surface area contributed by atoms with Gasteiger partial charge in [-0.25, -0.2) is 9.78 Å². The van der Waals surface area contributed by atoms with Crippen molar-refractivity contribution in [1.29, 1.82) is 0 Å². The van der Waals surface area contributed by atoms with Crippen LogP contribution in [0.5, 0.6) is 0 Å². The van der Waals surface area contributed by atoms with Crippen LogP contribution >= 0.6 is 0 Å². The van der Waals surface area contributed by atoms with E-state index in [9.17, 15) is 9.59 Å². The van der Waals surface area contributed by atoms with Crippen LogP contribution in [0.4, 0.5) is 16.2 Å². The molecule has 9 heteroatoms. The lowest BCUT2D eigenvalue weighted by Crippen LogP contribution is -2.50. The first-order valence-electron chi connectivity index (χ1n) is 10.9. The van der Waals surface area contributed by atoms with E-state index in [0.29, 0.717) is 29.8 Å². The Balaban J connectivity index is 1.36. The standard InChI is InChI=1S/C23H25N5O4/c1-13-8-16(25-23(30)31)12-28(11-13)19-6-7-24-10-18(19)26-21(29)17-5-4-15-9-20(14-2-3-14)32-22(15)27-17/h4-7,9-10,13-14,16,25H,2-3,8,11-12H2,1H3,(H,26,29)(H,30,31)/t13-,16+/m1/s1. The van der Waals surface area contributed by atoms with Gasteiger partial charge in [-0.05, 0) is 49.4 Å². The summed E-state index contributed by atoms with van der Waals surface area (Å²) in [5.74, 6) is 1.35. The number of nitrogens with one attached hydrogen (secondary N) is 2. The molecule has 0 unspecified atom stereocenters. The lowest BCUT2D eigenvalue weighted by molar-refractivity contribution is 0.102. The van der Waals surface area contributed by atoms with Crippen molar-refractivity contribution in [3.63, 3.8) is 0 Å². The van der Waals surface area contributed by atoms with E-state index in [0.717, 1.165) is 42.6 Å². The Labute approximate surface area is 184 Å². The van der Waals surface area contributed by atoms with Crippen molar-refractivity contribution >= 4 is 34.5 Å². The summed E-state index contributed by atoms with van der Waals surface area (Å²) < 4.78 is 5.84. The summed E-state index contributed by atoms with van der Waals surface area (Å²) in [6, 6.07) is 7.19. The van der Waals surface area contributed by atoms with Crippen LogP contribution in [-0.4, -0.2) is 46.2 Å². The quantitative estimate of drug-likeness (QED) is 0.557. The lowest BCUT2D eigenvalue weighted by atomic mass is 9.95. The molecule has 2 aliphatic rings. The normalized spacial score (nSPS) is 20.8. The fourth-order valence-corrected chi connectivity index (χ4v) is 4.41. The van der Waals surface area contributed by atoms with Gasteiger partial charge in [0.15, 0.2) is 0 Å². The smallest absolute Gasteiger partial charge is 0.404 e. The second-order valence-corrected chi connectivity index (χ2v) is 8.75. The number of nitrogens with zero attached hydrogens (tertiary/aromatic N) is 3. The zero-order valence-corrected chi connectivity index (χ0v) is 17.7. The number of carbonyl (C=O) groups excluding carboxylic acids is 1. The largest absolute Gasteiger partial charge is 0.465 e. The predicted octanol–water partition coefficient (Wildman–Crippen LogP) is 3.83. The van der Waals surface area contributed by atoms with E-state index in [1.54, 1.807) is 18.5 Å². The lowest BCUT2D eigenvalue weighted by Gasteiger charge is -2.38. The number of carboxylic acid groups (broad SMARTS) is 1. The first-order chi connectivity index (χ1) is 15.5. The molecule has 166 valence electrons. The van der Waals surface area contributed by atoms with Crippen molar-refractivity contribution in [2.75, 3.05) is 23.3 Å². The number of fused-ring (bicyclic) bond motifs is 1. The van der Waals surface area contributed by atoms with Crippen molar-refractivity contribution in [1.82, 2.24) is 15.3 Å². The summed E-state index contributed by atoms with van der Waals surface area (Å²) in [7, 11) is 0. The minimum absolute atomic E-state index is 0.184. The molecular formula is C23H25N5O4. The molecule has 3 aromatic heterocycles. The van der Waals surface area contributed by atoms with Gasteiger partial charge in [-0.1, -0.05) is 6.92 Å². The zero-order valence-electron chi connectivity index (χ0n) is 17.7. The molecule has 0 spiro atoms. The first kappa shape index (κ1) is 20.3. The number of anilines is 2. The third kappa shape index (κ3) is 4.23. The molecule has 2 amide bonds. The molecule has 2 atom stereocenters. The van der Waals surface area contributed by atoms with Crippen molar-refractivity contribution in [2.45, 2.75) is 38.1 Å². The van der Waals surface area contributed by atoms with Gasteiger partial charge in [0.2, 0.25) is 5.71 Å². The average Bonchev–Trinajstić information content (AvgIpc) is 3.51. The van der Waals surface area contributed by atoms with Crippen LogP contribution in [0.15, 0.2) is 41.1 Å². The number of carbonyl (C=O) groups is 2. The van der Waals surface area contributed by atoms with E-state index in [4.69, 9.17) is 9.52 Å². The number of aromatic nitrogens is 2. The Kier molecular flexibility index (Phi) is 5.16. The molecule has 1 saturated carbocycles. The predicted molar refractivity (Wildman–Crippen MR) is 119 cm³/mol. The van der Waals surface area contributed by atoms with Crippen LogP contribution in [0.25, 0.3) is 11.1 Å². The summed E-state index contributed by atoms with van der Waals surface area (Å²) >= 11 is 0. The molecule has 5 rings (SSSR count). The molecular weight excluding hydrogens is 410 g/mol. The third-order valence-corrected chi connectivity index (χ3v) is 5.99. The molecule has 4 heterocycles. The Hall–Kier alpha value is -3.62. The number of rotatable bonds is 5. The molecule has 3 aromatic rings. The maximum atomic E-state index is 13.0. The summed E-state index contributed by atoms with van der Waals surface area (Å²) in [6.07, 6.45) is 5.27. The average molecular weight is 435 g/mol. The highest BCUT2D eigenvalue weighted by Crippen LogP contribution is 2.42. The molecule has 0 radical (unpaired) electrons. The van der Waals surface area contributed by atoms with Crippen molar-refractivity contribution in [2.24, 2.45) is 5.92 Å². The van der Waals surface area contributed by atoms with E-state index in [2.05, 4.69) is 32.4 Å². The highest BCUT2D eigenvalue weighted by molar-refractivity contribution is 6.05. The third-order valence-electron chi connectivity index (χ3n) is 5.99. The van der Waals surface area contributed by atoms with E-state index in [1.807, 2.05) is 18.2 Å². The van der Waals surface area contributed by atoms with Crippen molar-refractivity contribution in [3.05, 3.63) is 48.1 Å². The van der Waals surface area contributed by atoms with Gasteiger partial charge >= 0.3 is 6.09 Å². The first-order valence-corrected chi connectivity index (χ1v) is 10.9. The Bertz CT molecular complexity index is 1170. The van der Waals surface area contributed by atoms with Crippen LogP contribution in [0.2, 0.25) is 0 Å². The number of furan rings is 1. The molecule has 0 aromatic carbocycles. The van der Waals surface area contributed by atoms with Crippen molar-refractivity contribution in [3.8, 4) is 0 Å².